The van der Waals surface area contributed by atoms with Crippen LogP contribution in [0, 0.1) is 18.8 Å². The molecule has 1 aromatic rings. The van der Waals surface area contributed by atoms with Gasteiger partial charge in [-0.3, -0.25) is 4.79 Å². The maximum absolute atomic E-state index is 12.6. The molecule has 1 aromatic carbocycles. The number of nitrogens with one attached hydrogen (secondary N) is 1. The molecule has 3 aliphatic rings. The van der Waals surface area contributed by atoms with Crippen LogP contribution in [-0.2, 0) is 11.3 Å². The fourth-order valence-corrected chi connectivity index (χ4v) is 3.78. The second kappa shape index (κ2) is 5.55. The lowest BCUT2D eigenvalue weighted by Crippen LogP contribution is -2.42. The Morgan fingerprint density at radius 1 is 1.26 bits per heavy atom. The molecule has 0 bridgehead atoms. The Kier molecular flexibility index (Phi) is 3.51. The van der Waals surface area contributed by atoms with Gasteiger partial charge >= 0.3 is 6.03 Å². The van der Waals surface area contributed by atoms with Crippen molar-refractivity contribution in [2.75, 3.05) is 19.6 Å². The van der Waals surface area contributed by atoms with Crippen LogP contribution < -0.4 is 5.32 Å². The van der Waals surface area contributed by atoms with Gasteiger partial charge in [0, 0.05) is 38.1 Å². The van der Waals surface area contributed by atoms with Crippen LogP contribution >= 0.6 is 0 Å². The Balaban J connectivity index is 1.37. The zero-order valence-corrected chi connectivity index (χ0v) is 13.5. The van der Waals surface area contributed by atoms with Crippen molar-refractivity contribution in [1.82, 2.24) is 15.1 Å². The number of hydrogen-bond acceptors (Lipinski definition) is 2. The standard InChI is InChI=1S/C18H23N3O2/c1-12-3-2-4-13(7-12)8-20-9-14-10-21(11-16(14)17(20)22)18(23)19-15-5-6-15/h2-4,7,14-16H,5-6,8-11H2,1H3,(H,19,23)/t14-,16+/m1/s1. The Labute approximate surface area is 136 Å². The van der Waals surface area contributed by atoms with Crippen molar-refractivity contribution < 1.29 is 9.59 Å². The van der Waals surface area contributed by atoms with Gasteiger partial charge in [0.25, 0.3) is 0 Å². The first-order valence-corrected chi connectivity index (χ1v) is 8.50. The van der Waals surface area contributed by atoms with Gasteiger partial charge < -0.3 is 15.1 Å². The number of hydrogen-bond donors (Lipinski definition) is 1. The first-order chi connectivity index (χ1) is 11.1. The maximum atomic E-state index is 12.6. The summed E-state index contributed by atoms with van der Waals surface area (Å²) in [7, 11) is 0. The predicted molar refractivity (Wildman–Crippen MR) is 86.7 cm³/mol. The summed E-state index contributed by atoms with van der Waals surface area (Å²) in [6.07, 6.45) is 2.19. The monoisotopic (exact) mass is 313 g/mol. The summed E-state index contributed by atoms with van der Waals surface area (Å²) < 4.78 is 0. The van der Waals surface area contributed by atoms with Crippen molar-refractivity contribution in [3.63, 3.8) is 0 Å². The molecule has 3 amide bonds. The molecule has 1 aliphatic carbocycles. The van der Waals surface area contributed by atoms with E-state index in [9.17, 15) is 9.59 Å². The van der Waals surface area contributed by atoms with Gasteiger partial charge in [-0.25, -0.2) is 4.79 Å². The lowest BCUT2D eigenvalue weighted by atomic mass is 10.0. The molecule has 0 aromatic heterocycles. The first kappa shape index (κ1) is 14.5. The lowest BCUT2D eigenvalue weighted by molar-refractivity contribution is -0.131. The first-order valence-electron chi connectivity index (χ1n) is 8.50. The van der Waals surface area contributed by atoms with Gasteiger partial charge in [0.15, 0.2) is 0 Å². The van der Waals surface area contributed by atoms with Gasteiger partial charge in [-0.2, -0.15) is 0 Å². The van der Waals surface area contributed by atoms with E-state index in [1.807, 2.05) is 15.9 Å². The molecule has 5 heteroatoms. The molecular formula is C18H23N3O2. The molecule has 5 nitrogen and oxygen atoms in total. The van der Waals surface area contributed by atoms with Gasteiger partial charge in [-0.1, -0.05) is 29.8 Å². The van der Waals surface area contributed by atoms with E-state index in [-0.39, 0.29) is 23.8 Å². The summed E-state index contributed by atoms with van der Waals surface area (Å²) in [6, 6.07) is 8.70. The average molecular weight is 313 g/mol. The molecule has 1 N–H and O–H groups in total. The molecule has 3 fully saturated rings. The van der Waals surface area contributed by atoms with Crippen molar-refractivity contribution in [3.8, 4) is 0 Å². The number of urea groups is 1. The summed E-state index contributed by atoms with van der Waals surface area (Å²) in [5, 5.41) is 3.02. The van der Waals surface area contributed by atoms with E-state index in [4.69, 9.17) is 0 Å². The topological polar surface area (TPSA) is 52.6 Å². The quantitative estimate of drug-likeness (QED) is 0.924. The minimum atomic E-state index is -0.00948. The highest BCUT2D eigenvalue weighted by Gasteiger charge is 2.47. The number of aryl methyl sites for hydroxylation is 1. The predicted octanol–water partition coefficient (Wildman–Crippen LogP) is 1.76. The number of benzene rings is 1. The van der Waals surface area contributed by atoms with E-state index in [1.165, 1.54) is 11.1 Å². The highest BCUT2D eigenvalue weighted by atomic mass is 16.2. The third-order valence-corrected chi connectivity index (χ3v) is 5.17. The number of rotatable bonds is 3. The number of fused-ring (bicyclic) bond motifs is 1. The van der Waals surface area contributed by atoms with Crippen LogP contribution in [-0.4, -0.2) is 47.4 Å². The maximum Gasteiger partial charge on any atom is 0.317 e. The van der Waals surface area contributed by atoms with Crippen LogP contribution in [0.15, 0.2) is 24.3 Å². The number of likely N-dealkylation sites (tertiary alicyclic amines) is 2. The largest absolute Gasteiger partial charge is 0.338 e. The molecule has 2 aliphatic heterocycles. The number of amides is 3. The van der Waals surface area contributed by atoms with E-state index < -0.39 is 0 Å². The third kappa shape index (κ3) is 2.92. The number of carbonyl (C=O) groups is 2. The summed E-state index contributed by atoms with van der Waals surface area (Å²) in [5.74, 6) is 0.486. The molecule has 0 spiro atoms. The zero-order chi connectivity index (χ0) is 16.0. The van der Waals surface area contributed by atoms with Crippen molar-refractivity contribution in [2.24, 2.45) is 11.8 Å². The zero-order valence-electron chi connectivity index (χ0n) is 13.5. The Bertz CT molecular complexity index is 641. The molecule has 2 atom stereocenters. The van der Waals surface area contributed by atoms with Crippen molar-refractivity contribution in [3.05, 3.63) is 35.4 Å². The third-order valence-electron chi connectivity index (χ3n) is 5.17. The van der Waals surface area contributed by atoms with E-state index >= 15 is 0 Å². The van der Waals surface area contributed by atoms with Crippen molar-refractivity contribution in [1.29, 1.82) is 0 Å². The summed E-state index contributed by atoms with van der Waals surface area (Å²) in [5.41, 5.74) is 2.40. The van der Waals surface area contributed by atoms with Crippen LogP contribution in [0.25, 0.3) is 0 Å². The van der Waals surface area contributed by atoms with Crippen LogP contribution in [0.5, 0.6) is 0 Å². The van der Waals surface area contributed by atoms with Crippen LogP contribution in [0.1, 0.15) is 24.0 Å². The lowest BCUT2D eigenvalue weighted by Gasteiger charge is -2.22. The van der Waals surface area contributed by atoms with Crippen molar-refractivity contribution in [2.45, 2.75) is 32.4 Å². The number of nitrogens with zero attached hydrogens (tertiary/aromatic N) is 2. The molecule has 1 saturated carbocycles. The van der Waals surface area contributed by atoms with Gasteiger partial charge in [-0.05, 0) is 25.3 Å². The van der Waals surface area contributed by atoms with Gasteiger partial charge in [0.1, 0.15) is 0 Å². The Morgan fingerprint density at radius 3 is 2.78 bits per heavy atom. The van der Waals surface area contributed by atoms with Crippen LogP contribution in [0.3, 0.4) is 0 Å². The van der Waals surface area contributed by atoms with Gasteiger partial charge in [0.2, 0.25) is 5.91 Å². The van der Waals surface area contributed by atoms with E-state index in [0.29, 0.717) is 25.7 Å². The van der Waals surface area contributed by atoms with E-state index in [0.717, 1.165) is 19.4 Å². The van der Waals surface area contributed by atoms with Crippen LogP contribution in [0.2, 0.25) is 0 Å². The summed E-state index contributed by atoms with van der Waals surface area (Å²) in [6.45, 7) is 4.80. The highest BCUT2D eigenvalue weighted by molar-refractivity contribution is 5.84. The van der Waals surface area contributed by atoms with Crippen LogP contribution in [0.4, 0.5) is 4.79 Å². The molecule has 23 heavy (non-hydrogen) atoms. The van der Waals surface area contributed by atoms with Gasteiger partial charge in [0.05, 0.1) is 5.92 Å². The molecule has 0 radical (unpaired) electrons. The minimum Gasteiger partial charge on any atom is -0.338 e. The SMILES string of the molecule is Cc1cccc(CN2C[C@@H]3CN(C(=O)NC4CC4)C[C@@H]3C2=O)c1. The molecule has 2 saturated heterocycles. The number of carbonyl (C=O) groups excluding carboxylic acids is 2. The van der Waals surface area contributed by atoms with Gasteiger partial charge in [-0.15, -0.1) is 0 Å². The molecule has 2 heterocycles. The highest BCUT2D eigenvalue weighted by Crippen LogP contribution is 2.33. The smallest absolute Gasteiger partial charge is 0.317 e. The second-order valence-electron chi connectivity index (χ2n) is 7.20. The summed E-state index contributed by atoms with van der Waals surface area (Å²) >= 11 is 0. The normalized spacial score (nSPS) is 26.6. The fourth-order valence-electron chi connectivity index (χ4n) is 3.78. The molecule has 122 valence electrons. The average Bonchev–Trinajstić information content (AvgIpc) is 3.15. The van der Waals surface area contributed by atoms with Crippen molar-refractivity contribution >= 4 is 11.9 Å². The molecule has 0 unspecified atom stereocenters. The Morgan fingerprint density at radius 2 is 2.09 bits per heavy atom. The van der Waals surface area contributed by atoms with E-state index in [1.54, 1.807) is 0 Å². The molecule has 4 rings (SSSR count). The van der Waals surface area contributed by atoms with E-state index in [2.05, 4.69) is 30.4 Å². The second-order valence-corrected chi connectivity index (χ2v) is 7.20. The summed E-state index contributed by atoms with van der Waals surface area (Å²) in [4.78, 5) is 28.6. The minimum absolute atomic E-state index is 0.00948. The fraction of sp³-hybridized carbons (Fsp3) is 0.556. The Hall–Kier alpha value is -2.04. The molecular weight excluding hydrogens is 290 g/mol.